The molecule has 0 aliphatic heterocycles. The normalized spacial score (nSPS) is 28.4. The lowest BCUT2D eigenvalue weighted by molar-refractivity contribution is -0.129. The van der Waals surface area contributed by atoms with Crippen molar-refractivity contribution in [2.45, 2.75) is 66.2 Å². The summed E-state index contributed by atoms with van der Waals surface area (Å²) in [5, 5.41) is 3.15. The Morgan fingerprint density at radius 3 is 2.61 bits per heavy atom. The van der Waals surface area contributed by atoms with Crippen LogP contribution in [0.3, 0.4) is 0 Å². The summed E-state index contributed by atoms with van der Waals surface area (Å²) in [5.41, 5.74) is 0. The molecule has 1 N–H and O–H groups in total. The molecule has 0 radical (unpaired) electrons. The molecule has 0 aromatic rings. The number of hydrogen-bond donors (Lipinski definition) is 1. The maximum Gasteiger partial charge on any atom is 0.223 e. The Morgan fingerprint density at radius 1 is 1.28 bits per heavy atom. The van der Waals surface area contributed by atoms with Crippen molar-refractivity contribution in [3.8, 4) is 0 Å². The molecule has 1 saturated carbocycles. The van der Waals surface area contributed by atoms with Crippen molar-refractivity contribution in [3.63, 3.8) is 0 Å². The molecule has 106 valence electrons. The lowest BCUT2D eigenvalue weighted by atomic mass is 9.70. The van der Waals surface area contributed by atoms with Gasteiger partial charge in [0.2, 0.25) is 5.91 Å². The fourth-order valence-electron chi connectivity index (χ4n) is 3.22. The van der Waals surface area contributed by atoms with Crippen molar-refractivity contribution in [3.05, 3.63) is 0 Å². The number of hydrogen-bond acceptors (Lipinski definition) is 1. The predicted octanol–water partition coefficient (Wildman–Crippen LogP) is 4.00. The van der Waals surface area contributed by atoms with Crippen LogP contribution in [0.1, 0.15) is 66.2 Å². The highest BCUT2D eigenvalue weighted by Gasteiger charge is 2.34. The van der Waals surface area contributed by atoms with E-state index in [9.17, 15) is 4.79 Å². The number of carbonyl (C=O) groups is 1. The second kappa shape index (κ2) is 7.81. The van der Waals surface area contributed by atoms with Gasteiger partial charge in [-0.3, -0.25) is 4.79 Å². The summed E-state index contributed by atoms with van der Waals surface area (Å²) in [6.07, 6.45) is 7.16. The standard InChI is InChI=1S/C16H31NO/c1-5-6-7-10-17-16(18)15-11-13(4)8-9-14(15)12(2)3/h12-15H,5-11H2,1-4H3,(H,17,18). The molecule has 2 nitrogen and oxygen atoms in total. The molecule has 1 rings (SSSR count). The monoisotopic (exact) mass is 253 g/mol. The summed E-state index contributed by atoms with van der Waals surface area (Å²) in [6, 6.07) is 0. The summed E-state index contributed by atoms with van der Waals surface area (Å²) < 4.78 is 0. The maximum atomic E-state index is 12.3. The van der Waals surface area contributed by atoms with Crippen LogP contribution in [0.5, 0.6) is 0 Å². The lowest BCUT2D eigenvalue weighted by Crippen LogP contribution is -2.40. The second-order valence-corrected chi connectivity index (χ2v) is 6.43. The zero-order valence-corrected chi connectivity index (χ0v) is 12.7. The van der Waals surface area contributed by atoms with E-state index in [1.807, 2.05) is 0 Å². The summed E-state index contributed by atoms with van der Waals surface area (Å²) >= 11 is 0. The molecular weight excluding hydrogens is 222 g/mol. The average molecular weight is 253 g/mol. The summed E-state index contributed by atoms with van der Waals surface area (Å²) in [6.45, 7) is 9.87. The van der Waals surface area contributed by atoms with Crippen LogP contribution in [-0.4, -0.2) is 12.5 Å². The number of nitrogens with one attached hydrogen (secondary N) is 1. The highest BCUT2D eigenvalue weighted by atomic mass is 16.1. The van der Waals surface area contributed by atoms with Crippen molar-refractivity contribution in [1.82, 2.24) is 5.32 Å². The largest absolute Gasteiger partial charge is 0.356 e. The van der Waals surface area contributed by atoms with Gasteiger partial charge >= 0.3 is 0 Å². The Balaban J connectivity index is 2.45. The van der Waals surface area contributed by atoms with Gasteiger partial charge in [-0.2, -0.15) is 0 Å². The fourth-order valence-corrected chi connectivity index (χ4v) is 3.22. The SMILES string of the molecule is CCCCCNC(=O)C1CC(C)CCC1C(C)C. The molecule has 3 atom stereocenters. The van der Waals surface area contributed by atoms with E-state index < -0.39 is 0 Å². The third-order valence-electron chi connectivity index (χ3n) is 4.44. The highest BCUT2D eigenvalue weighted by molar-refractivity contribution is 5.79. The van der Waals surface area contributed by atoms with Crippen molar-refractivity contribution >= 4 is 5.91 Å². The second-order valence-electron chi connectivity index (χ2n) is 6.43. The molecule has 1 aliphatic rings. The number of amides is 1. The molecule has 0 saturated heterocycles. The summed E-state index contributed by atoms with van der Waals surface area (Å²) in [4.78, 5) is 12.3. The number of carbonyl (C=O) groups excluding carboxylic acids is 1. The van der Waals surface area contributed by atoms with Gasteiger partial charge in [0.25, 0.3) is 0 Å². The first-order valence-corrected chi connectivity index (χ1v) is 7.84. The lowest BCUT2D eigenvalue weighted by Gasteiger charge is -2.36. The molecule has 1 amide bonds. The van der Waals surface area contributed by atoms with Gasteiger partial charge < -0.3 is 5.32 Å². The molecular formula is C16H31NO. The molecule has 0 bridgehead atoms. The Labute approximate surface area is 113 Å². The van der Waals surface area contributed by atoms with E-state index in [2.05, 4.69) is 33.0 Å². The number of unbranched alkanes of at least 4 members (excludes halogenated alkanes) is 2. The van der Waals surface area contributed by atoms with E-state index in [-0.39, 0.29) is 5.92 Å². The summed E-state index contributed by atoms with van der Waals surface area (Å²) in [7, 11) is 0. The van der Waals surface area contributed by atoms with Crippen LogP contribution in [-0.2, 0) is 4.79 Å². The van der Waals surface area contributed by atoms with Gasteiger partial charge in [-0.1, -0.05) is 47.0 Å². The first-order valence-electron chi connectivity index (χ1n) is 7.84. The molecule has 1 aliphatic carbocycles. The van der Waals surface area contributed by atoms with Gasteiger partial charge in [-0.05, 0) is 37.0 Å². The van der Waals surface area contributed by atoms with E-state index in [0.717, 1.165) is 19.4 Å². The quantitative estimate of drug-likeness (QED) is 0.712. The smallest absolute Gasteiger partial charge is 0.223 e. The van der Waals surface area contributed by atoms with Crippen molar-refractivity contribution < 1.29 is 4.79 Å². The average Bonchev–Trinajstić information content (AvgIpc) is 2.34. The predicted molar refractivity (Wildman–Crippen MR) is 77.4 cm³/mol. The van der Waals surface area contributed by atoms with Crippen LogP contribution >= 0.6 is 0 Å². The molecule has 0 aromatic heterocycles. The minimum Gasteiger partial charge on any atom is -0.356 e. The minimum absolute atomic E-state index is 0.260. The Kier molecular flexibility index (Phi) is 6.73. The van der Waals surface area contributed by atoms with Crippen LogP contribution < -0.4 is 5.32 Å². The molecule has 1 fully saturated rings. The van der Waals surface area contributed by atoms with Crippen LogP contribution in [0.25, 0.3) is 0 Å². The van der Waals surface area contributed by atoms with E-state index in [1.54, 1.807) is 0 Å². The fraction of sp³-hybridized carbons (Fsp3) is 0.938. The molecule has 2 heteroatoms. The topological polar surface area (TPSA) is 29.1 Å². The van der Waals surface area contributed by atoms with Crippen molar-refractivity contribution in [1.29, 1.82) is 0 Å². The molecule has 0 aromatic carbocycles. The highest BCUT2D eigenvalue weighted by Crippen LogP contribution is 2.37. The molecule has 0 heterocycles. The van der Waals surface area contributed by atoms with Crippen molar-refractivity contribution in [2.24, 2.45) is 23.7 Å². The van der Waals surface area contributed by atoms with Crippen LogP contribution in [0.2, 0.25) is 0 Å². The Hall–Kier alpha value is -0.530. The van der Waals surface area contributed by atoms with Crippen LogP contribution in [0.4, 0.5) is 0 Å². The van der Waals surface area contributed by atoms with Crippen LogP contribution in [0.15, 0.2) is 0 Å². The molecule has 3 unspecified atom stereocenters. The Bertz CT molecular complexity index is 249. The zero-order valence-electron chi connectivity index (χ0n) is 12.7. The van der Waals surface area contributed by atoms with E-state index >= 15 is 0 Å². The molecule has 18 heavy (non-hydrogen) atoms. The molecule has 0 spiro atoms. The van der Waals surface area contributed by atoms with Gasteiger partial charge in [0.05, 0.1) is 0 Å². The van der Waals surface area contributed by atoms with Crippen molar-refractivity contribution in [2.75, 3.05) is 6.54 Å². The van der Waals surface area contributed by atoms with E-state index in [1.165, 1.54) is 25.7 Å². The third kappa shape index (κ3) is 4.62. The third-order valence-corrected chi connectivity index (χ3v) is 4.44. The minimum atomic E-state index is 0.260. The van der Waals surface area contributed by atoms with Gasteiger partial charge in [0.1, 0.15) is 0 Å². The van der Waals surface area contributed by atoms with Gasteiger partial charge in [0.15, 0.2) is 0 Å². The van der Waals surface area contributed by atoms with Crippen LogP contribution in [0, 0.1) is 23.7 Å². The Morgan fingerprint density at radius 2 is 2.00 bits per heavy atom. The van der Waals surface area contributed by atoms with E-state index in [4.69, 9.17) is 0 Å². The first kappa shape index (κ1) is 15.5. The van der Waals surface area contributed by atoms with Gasteiger partial charge in [-0.25, -0.2) is 0 Å². The van der Waals surface area contributed by atoms with Gasteiger partial charge in [0, 0.05) is 12.5 Å². The number of rotatable bonds is 6. The van der Waals surface area contributed by atoms with Gasteiger partial charge in [-0.15, -0.1) is 0 Å². The zero-order chi connectivity index (χ0) is 13.5. The summed E-state index contributed by atoms with van der Waals surface area (Å²) in [5.74, 6) is 2.51. The first-order chi connectivity index (χ1) is 8.56. The maximum absolute atomic E-state index is 12.3. The van der Waals surface area contributed by atoms with E-state index in [0.29, 0.717) is 23.7 Å².